The van der Waals surface area contributed by atoms with E-state index in [1.165, 1.54) is 31.4 Å². The van der Waals surface area contributed by atoms with E-state index in [9.17, 15) is 0 Å². The number of hydrogen-bond acceptors (Lipinski definition) is 3. The van der Waals surface area contributed by atoms with Crippen molar-refractivity contribution in [1.29, 1.82) is 0 Å². The van der Waals surface area contributed by atoms with Crippen LogP contribution in [0.4, 0.5) is 0 Å². The molecule has 4 heteroatoms. The molecule has 0 spiro atoms. The van der Waals surface area contributed by atoms with Gasteiger partial charge in [-0.25, -0.2) is 0 Å². The van der Waals surface area contributed by atoms with Crippen molar-refractivity contribution in [3.8, 4) is 0 Å². The maximum atomic E-state index is 4.16. The van der Waals surface area contributed by atoms with E-state index in [1.54, 1.807) is 0 Å². The van der Waals surface area contributed by atoms with Crippen molar-refractivity contribution in [3.05, 3.63) is 11.9 Å². The fraction of sp³-hybridized carbons (Fsp3) is 0.882. The number of nitrogens with zero attached hydrogens (tertiary/aromatic N) is 3. The lowest BCUT2D eigenvalue weighted by molar-refractivity contribution is 0.126. The molecule has 1 heterocycles. The first-order valence-corrected chi connectivity index (χ1v) is 8.48. The van der Waals surface area contributed by atoms with Crippen LogP contribution in [-0.2, 0) is 7.05 Å². The lowest BCUT2D eigenvalue weighted by Gasteiger charge is -2.42. The molecule has 21 heavy (non-hydrogen) atoms. The van der Waals surface area contributed by atoms with Crippen LogP contribution in [0.5, 0.6) is 0 Å². The van der Waals surface area contributed by atoms with Crippen molar-refractivity contribution in [3.63, 3.8) is 0 Å². The highest BCUT2D eigenvalue weighted by Gasteiger charge is 2.37. The lowest BCUT2D eigenvalue weighted by Crippen LogP contribution is -2.36. The zero-order chi connectivity index (χ0) is 15.5. The summed E-state index contributed by atoms with van der Waals surface area (Å²) in [5.41, 5.74) is 1.71. The van der Waals surface area contributed by atoms with Gasteiger partial charge in [-0.1, -0.05) is 32.9 Å². The van der Waals surface area contributed by atoms with E-state index in [0.717, 1.165) is 19.0 Å². The monoisotopic (exact) mass is 292 g/mol. The molecule has 1 fully saturated rings. The predicted molar refractivity (Wildman–Crippen MR) is 87.2 cm³/mol. The van der Waals surface area contributed by atoms with Crippen LogP contribution in [-0.4, -0.2) is 28.1 Å². The van der Waals surface area contributed by atoms with E-state index >= 15 is 0 Å². The Kier molecular flexibility index (Phi) is 5.42. The van der Waals surface area contributed by atoms with Gasteiger partial charge >= 0.3 is 0 Å². The van der Waals surface area contributed by atoms with E-state index in [1.807, 2.05) is 17.9 Å². The van der Waals surface area contributed by atoms with Crippen LogP contribution in [0.25, 0.3) is 0 Å². The summed E-state index contributed by atoms with van der Waals surface area (Å²) in [6.45, 7) is 11.6. The van der Waals surface area contributed by atoms with E-state index in [-0.39, 0.29) is 0 Å². The molecule has 3 unspecified atom stereocenters. The van der Waals surface area contributed by atoms with Crippen LogP contribution >= 0.6 is 0 Å². The minimum Gasteiger partial charge on any atom is -0.316 e. The van der Waals surface area contributed by atoms with Gasteiger partial charge in [0.2, 0.25) is 0 Å². The Balaban J connectivity index is 2.12. The van der Waals surface area contributed by atoms with Crippen LogP contribution in [0.15, 0.2) is 6.20 Å². The molecule has 0 aliphatic heterocycles. The zero-order valence-electron chi connectivity index (χ0n) is 14.4. The molecular formula is C17H32N4. The molecule has 3 atom stereocenters. The van der Waals surface area contributed by atoms with Gasteiger partial charge in [0.25, 0.3) is 0 Å². The third kappa shape index (κ3) is 4.06. The predicted octanol–water partition coefficient (Wildman–Crippen LogP) is 3.36. The maximum Gasteiger partial charge on any atom is 0.0728 e. The van der Waals surface area contributed by atoms with Crippen molar-refractivity contribution in [1.82, 2.24) is 20.3 Å². The molecule has 1 aliphatic carbocycles. The molecule has 0 amide bonds. The van der Waals surface area contributed by atoms with E-state index in [4.69, 9.17) is 0 Å². The van der Waals surface area contributed by atoms with Gasteiger partial charge in [0, 0.05) is 13.0 Å². The Hall–Kier alpha value is -0.900. The fourth-order valence-electron chi connectivity index (χ4n) is 3.72. The van der Waals surface area contributed by atoms with Crippen LogP contribution in [0.2, 0.25) is 0 Å². The number of aryl methyl sites for hydroxylation is 1. The average Bonchev–Trinajstić information content (AvgIpc) is 2.84. The second-order valence-electron chi connectivity index (χ2n) is 7.73. The Morgan fingerprint density at radius 3 is 2.67 bits per heavy atom. The quantitative estimate of drug-likeness (QED) is 0.846. The molecular weight excluding hydrogens is 260 g/mol. The van der Waals surface area contributed by atoms with Crippen molar-refractivity contribution < 1.29 is 0 Å². The molecule has 0 radical (unpaired) electrons. The van der Waals surface area contributed by atoms with Gasteiger partial charge in [0.15, 0.2) is 0 Å². The molecule has 1 N–H and O–H groups in total. The van der Waals surface area contributed by atoms with E-state index in [2.05, 4.69) is 43.3 Å². The fourth-order valence-corrected chi connectivity index (χ4v) is 3.72. The molecule has 1 aromatic heterocycles. The van der Waals surface area contributed by atoms with Crippen LogP contribution in [0.3, 0.4) is 0 Å². The summed E-state index contributed by atoms with van der Waals surface area (Å²) < 4.78 is 1.97. The Bertz CT molecular complexity index is 432. The van der Waals surface area contributed by atoms with Gasteiger partial charge in [0.05, 0.1) is 11.9 Å². The second kappa shape index (κ2) is 6.91. The van der Waals surface area contributed by atoms with E-state index < -0.39 is 0 Å². The number of aromatic nitrogens is 3. The topological polar surface area (TPSA) is 42.7 Å². The third-order valence-corrected chi connectivity index (χ3v) is 5.18. The lowest BCUT2D eigenvalue weighted by atomic mass is 9.65. The van der Waals surface area contributed by atoms with Crippen LogP contribution in [0.1, 0.15) is 65.0 Å². The molecule has 0 bridgehead atoms. The second-order valence-corrected chi connectivity index (χ2v) is 7.73. The summed E-state index contributed by atoms with van der Waals surface area (Å²) in [6.07, 6.45) is 7.11. The summed E-state index contributed by atoms with van der Waals surface area (Å²) >= 11 is 0. The van der Waals surface area contributed by atoms with Crippen LogP contribution < -0.4 is 5.32 Å². The SMILES string of the molecule is CCCNCC1CCC(C(C)(C)C)CC1c1cnnn1C. The Morgan fingerprint density at radius 1 is 1.33 bits per heavy atom. The molecule has 0 saturated heterocycles. The van der Waals surface area contributed by atoms with Gasteiger partial charge in [-0.3, -0.25) is 4.68 Å². The molecule has 120 valence electrons. The summed E-state index contributed by atoms with van der Waals surface area (Å²) in [7, 11) is 2.03. The number of rotatable bonds is 5. The van der Waals surface area contributed by atoms with Gasteiger partial charge in [-0.2, -0.15) is 0 Å². The van der Waals surface area contributed by atoms with Gasteiger partial charge in [-0.05, 0) is 56.0 Å². The largest absolute Gasteiger partial charge is 0.316 e. The normalized spacial score (nSPS) is 27.0. The van der Waals surface area contributed by atoms with Crippen molar-refractivity contribution >= 4 is 0 Å². The summed E-state index contributed by atoms with van der Waals surface area (Å²) in [5, 5.41) is 11.9. The van der Waals surface area contributed by atoms with Crippen LogP contribution in [0, 0.1) is 17.3 Å². The smallest absolute Gasteiger partial charge is 0.0728 e. The summed E-state index contributed by atoms with van der Waals surface area (Å²) in [5.74, 6) is 2.10. The molecule has 1 aliphatic rings. The minimum atomic E-state index is 0.395. The van der Waals surface area contributed by atoms with Gasteiger partial charge in [-0.15, -0.1) is 5.10 Å². The molecule has 4 nitrogen and oxygen atoms in total. The molecule has 2 rings (SSSR count). The van der Waals surface area contributed by atoms with E-state index in [0.29, 0.717) is 17.3 Å². The Labute approximate surface area is 129 Å². The minimum absolute atomic E-state index is 0.395. The van der Waals surface area contributed by atoms with Crippen molar-refractivity contribution in [2.24, 2.45) is 24.3 Å². The summed E-state index contributed by atoms with van der Waals surface area (Å²) in [4.78, 5) is 0. The first-order valence-electron chi connectivity index (χ1n) is 8.48. The molecule has 1 saturated carbocycles. The molecule has 0 aromatic carbocycles. The zero-order valence-corrected chi connectivity index (χ0v) is 14.4. The standard InChI is InChI=1S/C17H32N4/c1-6-9-18-11-13-7-8-14(17(2,3)4)10-15(13)16-12-19-20-21(16)5/h12-15,18H,6-11H2,1-5H3. The number of nitrogens with one attached hydrogen (secondary N) is 1. The molecule has 1 aromatic rings. The van der Waals surface area contributed by atoms with Crippen molar-refractivity contribution in [2.45, 2.75) is 59.3 Å². The van der Waals surface area contributed by atoms with Crippen molar-refractivity contribution in [2.75, 3.05) is 13.1 Å². The maximum absolute atomic E-state index is 4.16. The average molecular weight is 292 g/mol. The Morgan fingerprint density at radius 2 is 2.10 bits per heavy atom. The highest BCUT2D eigenvalue weighted by molar-refractivity contribution is 5.08. The number of hydrogen-bond donors (Lipinski definition) is 1. The van der Waals surface area contributed by atoms with Gasteiger partial charge in [0.1, 0.15) is 0 Å². The highest BCUT2D eigenvalue weighted by Crippen LogP contribution is 2.46. The highest BCUT2D eigenvalue weighted by atomic mass is 15.4. The first kappa shape index (κ1) is 16.5. The van der Waals surface area contributed by atoms with Gasteiger partial charge < -0.3 is 5.32 Å². The summed E-state index contributed by atoms with van der Waals surface area (Å²) in [6, 6.07) is 0. The first-order chi connectivity index (χ1) is 9.93. The third-order valence-electron chi connectivity index (χ3n) is 5.18.